The Morgan fingerprint density at radius 1 is 0.361 bits per heavy atom. The normalized spacial score (nSPS) is 11.3. The lowest BCUT2D eigenvalue weighted by atomic mass is 10.0. The van der Waals surface area contributed by atoms with Crippen LogP contribution < -0.4 is 0 Å². The molecule has 0 unspecified atom stereocenters. The number of rotatable bonds is 4. The van der Waals surface area contributed by atoms with Crippen molar-refractivity contribution in [2.24, 2.45) is 0 Å². The minimum atomic E-state index is 0.934. The number of pyridine rings is 2. The van der Waals surface area contributed by atoms with Crippen LogP contribution in [0, 0.1) is 0 Å². The zero-order chi connectivity index (χ0) is 23.9. The average molecular weight is 463 g/mol. The second kappa shape index (κ2) is 8.36. The standard InChI is InChI=1S/C32H22N4/c1-3-11-23(12-4-1)29-31(35-21-9-7-15-27(35)33-29)25-17-19-26(20-18-25)32-30(24-13-5-2-6-14-24)34-28-16-8-10-22-36(28)32/h1-22H. The van der Waals surface area contributed by atoms with Gasteiger partial charge in [-0.2, -0.15) is 0 Å². The van der Waals surface area contributed by atoms with Crippen molar-refractivity contribution < 1.29 is 0 Å². The second-order valence-corrected chi connectivity index (χ2v) is 8.79. The molecule has 170 valence electrons. The van der Waals surface area contributed by atoms with Crippen molar-refractivity contribution in [3.05, 3.63) is 134 Å². The Kier molecular flexibility index (Phi) is 4.74. The monoisotopic (exact) mass is 462 g/mol. The van der Waals surface area contributed by atoms with E-state index in [1.807, 2.05) is 36.4 Å². The Morgan fingerprint density at radius 2 is 0.750 bits per heavy atom. The number of benzene rings is 3. The van der Waals surface area contributed by atoms with E-state index in [4.69, 9.17) is 9.97 Å². The molecule has 0 atom stereocenters. The van der Waals surface area contributed by atoms with Crippen LogP contribution in [0.15, 0.2) is 134 Å². The Bertz CT molecular complexity index is 1680. The minimum absolute atomic E-state index is 0.934. The van der Waals surface area contributed by atoms with E-state index in [0.29, 0.717) is 0 Å². The molecule has 0 N–H and O–H groups in total. The summed E-state index contributed by atoms with van der Waals surface area (Å²) in [6, 6.07) is 41.8. The Labute approximate surface area is 208 Å². The summed E-state index contributed by atoms with van der Waals surface area (Å²) in [4.78, 5) is 9.95. The number of imidazole rings is 2. The molecular weight excluding hydrogens is 440 g/mol. The van der Waals surface area contributed by atoms with Crippen molar-refractivity contribution in [1.82, 2.24) is 18.8 Å². The summed E-state index contributed by atoms with van der Waals surface area (Å²) >= 11 is 0. The first-order valence-corrected chi connectivity index (χ1v) is 12.0. The highest BCUT2D eigenvalue weighted by Gasteiger charge is 2.18. The smallest absolute Gasteiger partial charge is 0.137 e. The lowest BCUT2D eigenvalue weighted by Gasteiger charge is -2.09. The van der Waals surface area contributed by atoms with Gasteiger partial charge >= 0.3 is 0 Å². The van der Waals surface area contributed by atoms with Crippen molar-refractivity contribution in [2.75, 3.05) is 0 Å². The van der Waals surface area contributed by atoms with Crippen LogP contribution in [0.3, 0.4) is 0 Å². The first kappa shape index (κ1) is 20.4. The minimum Gasteiger partial charge on any atom is -0.299 e. The van der Waals surface area contributed by atoms with Crippen molar-refractivity contribution in [3.63, 3.8) is 0 Å². The molecule has 0 fully saturated rings. The van der Waals surface area contributed by atoms with Gasteiger partial charge in [-0.25, -0.2) is 9.97 Å². The highest BCUT2D eigenvalue weighted by Crippen LogP contribution is 2.36. The van der Waals surface area contributed by atoms with Crippen LogP contribution in [-0.4, -0.2) is 18.8 Å². The number of fused-ring (bicyclic) bond motifs is 2. The van der Waals surface area contributed by atoms with Gasteiger partial charge < -0.3 is 0 Å². The maximum Gasteiger partial charge on any atom is 0.137 e. The molecule has 0 amide bonds. The molecule has 7 rings (SSSR count). The molecule has 36 heavy (non-hydrogen) atoms. The van der Waals surface area contributed by atoms with E-state index in [1.54, 1.807) is 0 Å². The topological polar surface area (TPSA) is 34.6 Å². The molecule has 4 aromatic heterocycles. The third-order valence-corrected chi connectivity index (χ3v) is 6.59. The summed E-state index contributed by atoms with van der Waals surface area (Å²) in [6.07, 6.45) is 4.16. The van der Waals surface area contributed by atoms with Crippen LogP contribution in [-0.2, 0) is 0 Å². The van der Waals surface area contributed by atoms with E-state index < -0.39 is 0 Å². The molecule has 4 nitrogen and oxygen atoms in total. The number of nitrogens with zero attached hydrogens (tertiary/aromatic N) is 4. The molecule has 0 aliphatic carbocycles. The van der Waals surface area contributed by atoms with Crippen LogP contribution in [0.5, 0.6) is 0 Å². The fourth-order valence-electron chi connectivity index (χ4n) is 4.92. The van der Waals surface area contributed by atoms with Gasteiger partial charge in [0, 0.05) is 34.6 Å². The van der Waals surface area contributed by atoms with Crippen LogP contribution in [0.1, 0.15) is 0 Å². The molecule has 0 aliphatic rings. The zero-order valence-corrected chi connectivity index (χ0v) is 19.5. The highest BCUT2D eigenvalue weighted by atomic mass is 15.0. The molecule has 4 heteroatoms. The summed E-state index contributed by atoms with van der Waals surface area (Å²) in [5, 5.41) is 0. The predicted molar refractivity (Wildman–Crippen MR) is 146 cm³/mol. The van der Waals surface area contributed by atoms with E-state index in [-0.39, 0.29) is 0 Å². The van der Waals surface area contributed by atoms with E-state index in [1.165, 1.54) is 0 Å². The lowest BCUT2D eigenvalue weighted by molar-refractivity contribution is 1.18. The maximum atomic E-state index is 4.98. The van der Waals surface area contributed by atoms with E-state index in [2.05, 4.69) is 106 Å². The Morgan fingerprint density at radius 3 is 1.17 bits per heavy atom. The lowest BCUT2D eigenvalue weighted by Crippen LogP contribution is -1.92. The zero-order valence-electron chi connectivity index (χ0n) is 19.5. The van der Waals surface area contributed by atoms with Gasteiger partial charge in [-0.15, -0.1) is 0 Å². The first-order valence-electron chi connectivity index (χ1n) is 12.0. The molecular formula is C32H22N4. The maximum absolute atomic E-state index is 4.98. The Balaban J connectivity index is 1.41. The average Bonchev–Trinajstić information content (AvgIpc) is 3.53. The van der Waals surface area contributed by atoms with Crippen molar-refractivity contribution in [3.8, 4) is 45.0 Å². The van der Waals surface area contributed by atoms with Crippen molar-refractivity contribution in [1.29, 1.82) is 0 Å². The van der Waals surface area contributed by atoms with E-state index in [0.717, 1.165) is 56.3 Å². The van der Waals surface area contributed by atoms with Gasteiger partial charge in [0.05, 0.1) is 22.8 Å². The van der Waals surface area contributed by atoms with Gasteiger partial charge in [0.2, 0.25) is 0 Å². The predicted octanol–water partition coefficient (Wildman–Crippen LogP) is 7.65. The number of aromatic nitrogens is 4. The third-order valence-electron chi connectivity index (χ3n) is 6.59. The fraction of sp³-hybridized carbons (Fsp3) is 0. The molecule has 3 aromatic carbocycles. The van der Waals surface area contributed by atoms with E-state index >= 15 is 0 Å². The summed E-state index contributed by atoms with van der Waals surface area (Å²) < 4.78 is 4.34. The molecule has 0 bridgehead atoms. The SMILES string of the molecule is c1ccc(-c2nc3ccccn3c2-c2ccc(-c3c(-c4ccccc4)nc4ccccn34)cc2)cc1. The van der Waals surface area contributed by atoms with Gasteiger partial charge in [-0.1, -0.05) is 97.1 Å². The third kappa shape index (κ3) is 3.31. The highest BCUT2D eigenvalue weighted by molar-refractivity contribution is 5.85. The summed E-state index contributed by atoms with van der Waals surface area (Å²) in [5.74, 6) is 0. The van der Waals surface area contributed by atoms with Gasteiger partial charge in [-0.3, -0.25) is 8.80 Å². The van der Waals surface area contributed by atoms with Crippen LogP contribution in [0.25, 0.3) is 56.3 Å². The van der Waals surface area contributed by atoms with Crippen LogP contribution >= 0.6 is 0 Å². The van der Waals surface area contributed by atoms with Crippen LogP contribution in [0.4, 0.5) is 0 Å². The van der Waals surface area contributed by atoms with Gasteiger partial charge in [0.15, 0.2) is 0 Å². The number of hydrogen-bond acceptors (Lipinski definition) is 2. The molecule has 4 heterocycles. The molecule has 0 saturated heterocycles. The van der Waals surface area contributed by atoms with E-state index in [9.17, 15) is 0 Å². The van der Waals surface area contributed by atoms with Crippen molar-refractivity contribution >= 4 is 11.3 Å². The van der Waals surface area contributed by atoms with Gasteiger partial charge in [-0.05, 0) is 24.3 Å². The first-order chi connectivity index (χ1) is 17.9. The van der Waals surface area contributed by atoms with Gasteiger partial charge in [0.1, 0.15) is 11.3 Å². The molecule has 0 radical (unpaired) electrons. The quantitative estimate of drug-likeness (QED) is 0.269. The molecule has 7 aromatic rings. The number of hydrogen-bond donors (Lipinski definition) is 0. The molecule has 0 aliphatic heterocycles. The Hall–Kier alpha value is -4.96. The summed E-state index contributed by atoms with van der Waals surface area (Å²) in [5.41, 5.74) is 10.4. The van der Waals surface area contributed by atoms with Crippen molar-refractivity contribution in [2.45, 2.75) is 0 Å². The van der Waals surface area contributed by atoms with Crippen LogP contribution in [0.2, 0.25) is 0 Å². The largest absolute Gasteiger partial charge is 0.299 e. The molecule has 0 saturated carbocycles. The van der Waals surface area contributed by atoms with Gasteiger partial charge in [0.25, 0.3) is 0 Å². The molecule has 0 spiro atoms. The fourth-order valence-corrected chi connectivity index (χ4v) is 4.92. The summed E-state index contributed by atoms with van der Waals surface area (Å²) in [7, 11) is 0. The summed E-state index contributed by atoms with van der Waals surface area (Å²) in [6.45, 7) is 0. The second-order valence-electron chi connectivity index (χ2n) is 8.79.